The van der Waals surface area contributed by atoms with Crippen LogP contribution in [-0.4, -0.2) is 32.6 Å². The van der Waals surface area contributed by atoms with Crippen LogP contribution in [0, 0.1) is 10.1 Å². The van der Waals surface area contributed by atoms with Crippen LogP contribution < -0.4 is 0 Å². The van der Waals surface area contributed by atoms with Gasteiger partial charge in [-0.2, -0.15) is 0 Å². The quantitative estimate of drug-likeness (QED) is 0.367. The van der Waals surface area contributed by atoms with E-state index in [-0.39, 0.29) is 22.8 Å². The van der Waals surface area contributed by atoms with Crippen LogP contribution in [0.5, 0.6) is 0 Å². The number of benzene rings is 1. The summed E-state index contributed by atoms with van der Waals surface area (Å²) in [6, 6.07) is 5.44. The summed E-state index contributed by atoms with van der Waals surface area (Å²) in [5, 5.41) is 10.3. The van der Waals surface area contributed by atoms with E-state index in [2.05, 4.69) is 4.18 Å². The molecule has 8 nitrogen and oxygen atoms in total. The van der Waals surface area contributed by atoms with E-state index in [1.54, 1.807) is 0 Å². The summed E-state index contributed by atoms with van der Waals surface area (Å²) >= 11 is -2.56. The van der Waals surface area contributed by atoms with Gasteiger partial charge in [0.25, 0.3) is 5.69 Å². The molecule has 0 radical (unpaired) electrons. The van der Waals surface area contributed by atoms with Crippen molar-refractivity contribution in [3.05, 3.63) is 39.9 Å². The molecule has 1 aromatic rings. The van der Waals surface area contributed by atoms with Gasteiger partial charge in [0, 0.05) is 12.1 Å². The molecule has 1 atom stereocenters. The molecule has 0 N–H and O–H groups in total. The lowest BCUT2D eigenvalue weighted by atomic mass is 10.00. The maximum absolute atomic E-state index is 12.3. The van der Waals surface area contributed by atoms with Gasteiger partial charge < -0.3 is 4.55 Å². The van der Waals surface area contributed by atoms with Crippen molar-refractivity contribution >= 4 is 26.9 Å². The van der Waals surface area contributed by atoms with Crippen molar-refractivity contribution in [3.63, 3.8) is 0 Å². The molecule has 0 saturated heterocycles. The molecule has 10 heteroatoms. The predicted octanol–water partition coefficient (Wildman–Crippen LogP) is 3.97. The lowest BCUT2D eigenvalue weighted by Crippen LogP contribution is -2.34. The summed E-state index contributed by atoms with van der Waals surface area (Å²) in [6.45, 7) is -0.117. The van der Waals surface area contributed by atoms with Crippen LogP contribution in [0.2, 0.25) is 0 Å². The van der Waals surface area contributed by atoms with Crippen LogP contribution >= 0.6 is 0 Å². The van der Waals surface area contributed by atoms with Crippen LogP contribution in [0.25, 0.3) is 0 Å². The average Bonchev–Trinajstić information content (AvgIpc) is 2.74. The Labute approximate surface area is 174 Å². The number of hydrogen-bond acceptors (Lipinski definition) is 7. The Morgan fingerprint density at radius 3 is 1.76 bits per heavy atom. The first-order valence-electron chi connectivity index (χ1n) is 9.99. The smallest absolute Gasteiger partial charge is 0.269 e. The Bertz CT molecular complexity index is 744. The minimum absolute atomic E-state index is 0.00866. The molecule has 2 fully saturated rings. The van der Waals surface area contributed by atoms with Crippen LogP contribution in [0.4, 0.5) is 5.69 Å². The number of non-ortho nitro benzene ring substituents is 1. The van der Waals surface area contributed by atoms with Crippen LogP contribution in [0.15, 0.2) is 24.3 Å². The number of hydrogen-bond donors (Lipinski definition) is 0. The molecule has 164 valence electrons. The molecule has 3 rings (SSSR count). The summed E-state index contributed by atoms with van der Waals surface area (Å²) in [4.78, 5) is 9.72. The third-order valence-electron chi connectivity index (χ3n) is 5.50. The van der Waals surface area contributed by atoms with Crippen LogP contribution in [0.1, 0.15) is 69.8 Å². The maximum Gasteiger partial charge on any atom is 0.269 e. The highest BCUT2D eigenvalue weighted by atomic mass is 32.2. The lowest BCUT2D eigenvalue weighted by Gasteiger charge is -2.29. The van der Waals surface area contributed by atoms with E-state index in [0.717, 1.165) is 51.4 Å². The molecule has 1 unspecified atom stereocenters. The number of nitrogens with zero attached hydrogens (tertiary/aromatic N) is 1. The normalized spacial score (nSPS) is 19.8. The molecule has 0 aliphatic heterocycles. The first-order chi connectivity index (χ1) is 13.8. The fraction of sp³-hybridized carbons (Fsp3) is 0.684. The molecule has 0 bridgehead atoms. The summed E-state index contributed by atoms with van der Waals surface area (Å²) in [5.74, 6) is 0. The van der Waals surface area contributed by atoms with Gasteiger partial charge in [0.1, 0.15) is 0 Å². The van der Waals surface area contributed by atoms with E-state index in [1.165, 1.54) is 37.1 Å². The highest BCUT2D eigenvalue weighted by Crippen LogP contribution is 2.32. The lowest BCUT2D eigenvalue weighted by molar-refractivity contribution is -0.384. The first kappa shape index (κ1) is 23.9. The Balaban J connectivity index is 0.000000208. The standard InChI is InChI=1S/C12H22O2S.C7H7NO5S/c13-15(14,11-7-3-1-4-8-11)12-9-5-2-6-10-12;9-8(10)7-3-1-6(2-4-7)5-13-14(11)12/h11-12H,1-10H2;1-4H,5H2,(H,11,12)/p-1. The van der Waals surface area contributed by atoms with Gasteiger partial charge in [-0.05, 0) is 43.4 Å². The zero-order chi connectivity index (χ0) is 21.3. The zero-order valence-corrected chi connectivity index (χ0v) is 18.0. The van der Waals surface area contributed by atoms with Gasteiger partial charge in [0.05, 0.1) is 33.4 Å². The van der Waals surface area contributed by atoms with E-state index >= 15 is 0 Å². The Morgan fingerprint density at radius 1 is 0.931 bits per heavy atom. The van der Waals surface area contributed by atoms with Crippen molar-refractivity contribution < 1.29 is 26.3 Å². The zero-order valence-electron chi connectivity index (χ0n) is 16.4. The Morgan fingerprint density at radius 2 is 1.38 bits per heavy atom. The molecule has 2 saturated carbocycles. The van der Waals surface area contributed by atoms with Crippen LogP contribution in [0.3, 0.4) is 0 Å². The molecule has 29 heavy (non-hydrogen) atoms. The van der Waals surface area contributed by atoms with Gasteiger partial charge in [0.2, 0.25) is 0 Å². The van der Waals surface area contributed by atoms with Gasteiger partial charge in [0.15, 0.2) is 9.84 Å². The third-order valence-corrected chi connectivity index (χ3v) is 8.61. The van der Waals surface area contributed by atoms with Gasteiger partial charge in [-0.25, -0.2) is 12.6 Å². The fourth-order valence-electron chi connectivity index (χ4n) is 3.89. The summed E-state index contributed by atoms with van der Waals surface area (Å²) < 4.78 is 49.0. The number of rotatable bonds is 6. The van der Waals surface area contributed by atoms with E-state index in [9.17, 15) is 27.3 Å². The van der Waals surface area contributed by atoms with Crippen molar-refractivity contribution in [2.75, 3.05) is 0 Å². The molecular formula is C19H28NO7S2-. The van der Waals surface area contributed by atoms with Gasteiger partial charge in [-0.3, -0.25) is 14.3 Å². The second kappa shape index (κ2) is 11.7. The molecule has 2 aliphatic carbocycles. The molecular weight excluding hydrogens is 418 g/mol. The van der Waals surface area contributed by atoms with Crippen molar-refractivity contribution in [1.82, 2.24) is 0 Å². The Kier molecular flexibility index (Phi) is 9.67. The number of sulfone groups is 1. The van der Waals surface area contributed by atoms with Crippen molar-refractivity contribution in [3.8, 4) is 0 Å². The molecule has 0 amide bonds. The van der Waals surface area contributed by atoms with Gasteiger partial charge in [-0.1, -0.05) is 38.5 Å². The Hall–Kier alpha value is -1.36. The summed E-state index contributed by atoms with van der Waals surface area (Å²) in [5.41, 5.74) is 0.511. The van der Waals surface area contributed by atoms with Crippen molar-refractivity contribution in [1.29, 1.82) is 0 Å². The number of nitro groups is 1. The summed E-state index contributed by atoms with van der Waals surface area (Å²) in [7, 11) is -2.79. The topological polar surface area (TPSA) is 127 Å². The second-order valence-electron chi connectivity index (χ2n) is 7.50. The SMILES string of the molecule is O=S(=O)(C1CCCCC1)C1CCCCC1.O=[N+]([O-])c1ccc(COS(=O)[O-])cc1. The highest BCUT2D eigenvalue weighted by Gasteiger charge is 2.35. The van der Waals surface area contributed by atoms with Crippen molar-refractivity contribution in [2.45, 2.75) is 81.3 Å². The van der Waals surface area contributed by atoms with Gasteiger partial charge >= 0.3 is 0 Å². The molecule has 0 spiro atoms. The fourth-order valence-corrected chi connectivity index (χ4v) is 6.65. The van der Waals surface area contributed by atoms with Gasteiger partial charge in [-0.15, -0.1) is 0 Å². The predicted molar refractivity (Wildman–Crippen MR) is 109 cm³/mol. The van der Waals surface area contributed by atoms with Crippen LogP contribution in [-0.2, 0) is 32.0 Å². The van der Waals surface area contributed by atoms with Crippen molar-refractivity contribution in [2.24, 2.45) is 0 Å². The minimum Gasteiger partial charge on any atom is -0.750 e. The monoisotopic (exact) mass is 446 g/mol. The maximum atomic E-state index is 12.3. The first-order valence-corrected chi connectivity index (χ1v) is 12.6. The minimum atomic E-state index is -2.79. The number of nitro benzene ring substituents is 1. The average molecular weight is 447 g/mol. The van der Waals surface area contributed by atoms with E-state index in [1.807, 2.05) is 0 Å². The third kappa shape index (κ3) is 7.76. The molecule has 1 aromatic carbocycles. The highest BCUT2D eigenvalue weighted by molar-refractivity contribution is 7.92. The largest absolute Gasteiger partial charge is 0.750 e. The molecule has 0 aromatic heterocycles. The van der Waals surface area contributed by atoms with E-state index in [0.29, 0.717) is 5.56 Å². The molecule has 0 heterocycles. The van der Waals surface area contributed by atoms with E-state index < -0.39 is 26.1 Å². The second-order valence-corrected chi connectivity index (χ2v) is 10.7. The van der Waals surface area contributed by atoms with E-state index in [4.69, 9.17) is 0 Å². The summed E-state index contributed by atoms with van der Waals surface area (Å²) in [6.07, 6.45) is 10.7. The molecule has 2 aliphatic rings.